The van der Waals surface area contributed by atoms with Crippen LogP contribution in [0.3, 0.4) is 0 Å². The first-order valence-corrected chi connectivity index (χ1v) is 8.68. The smallest absolute Gasteiger partial charge is 0.381 e. The lowest BCUT2D eigenvalue weighted by molar-refractivity contribution is -0.137. The van der Waals surface area contributed by atoms with Gasteiger partial charge in [0.2, 0.25) is 5.91 Å². The molecule has 25 heavy (non-hydrogen) atoms. The number of halogens is 3. The van der Waals surface area contributed by atoms with E-state index in [9.17, 15) is 18.0 Å². The summed E-state index contributed by atoms with van der Waals surface area (Å²) in [5.41, 5.74) is 0.226. The van der Waals surface area contributed by atoms with Crippen LogP contribution in [0.4, 0.5) is 13.2 Å². The maximum Gasteiger partial charge on any atom is 0.416 e. The molecule has 4 nitrogen and oxygen atoms in total. The van der Waals surface area contributed by atoms with Crippen LogP contribution in [-0.4, -0.2) is 43.2 Å². The number of hydrogen-bond donors (Lipinski definition) is 1. The lowest BCUT2D eigenvalue weighted by Gasteiger charge is -2.23. The zero-order valence-corrected chi connectivity index (χ0v) is 14.0. The molecule has 1 amide bonds. The SMILES string of the molecule is O=C(NC1CCN(Cc2ccc(C(F)(F)F)cc2)C1)C1CCOCC1. The Balaban J connectivity index is 1.47. The molecule has 2 aliphatic rings. The van der Waals surface area contributed by atoms with Gasteiger partial charge < -0.3 is 10.1 Å². The summed E-state index contributed by atoms with van der Waals surface area (Å²) in [5.74, 6) is 0.141. The van der Waals surface area contributed by atoms with Crippen LogP contribution in [0.15, 0.2) is 24.3 Å². The normalized spacial score (nSPS) is 22.9. The first-order valence-electron chi connectivity index (χ1n) is 8.68. The fourth-order valence-corrected chi connectivity index (χ4v) is 3.43. The molecule has 1 N–H and O–H groups in total. The Morgan fingerprint density at radius 2 is 1.84 bits per heavy atom. The van der Waals surface area contributed by atoms with Crippen LogP contribution in [0.1, 0.15) is 30.4 Å². The molecule has 7 heteroatoms. The molecule has 0 aromatic heterocycles. The van der Waals surface area contributed by atoms with Crippen molar-refractivity contribution in [3.8, 4) is 0 Å². The molecule has 0 spiro atoms. The van der Waals surface area contributed by atoms with Gasteiger partial charge in [-0.3, -0.25) is 9.69 Å². The maximum absolute atomic E-state index is 12.6. The van der Waals surface area contributed by atoms with Crippen LogP contribution in [0, 0.1) is 5.92 Å². The van der Waals surface area contributed by atoms with E-state index in [1.54, 1.807) is 0 Å². The van der Waals surface area contributed by atoms with Gasteiger partial charge in [-0.05, 0) is 37.0 Å². The van der Waals surface area contributed by atoms with Crippen LogP contribution in [-0.2, 0) is 22.3 Å². The zero-order valence-electron chi connectivity index (χ0n) is 14.0. The van der Waals surface area contributed by atoms with E-state index in [0.29, 0.717) is 19.8 Å². The van der Waals surface area contributed by atoms with Crippen LogP contribution in [0.25, 0.3) is 0 Å². The van der Waals surface area contributed by atoms with E-state index in [0.717, 1.165) is 50.0 Å². The molecule has 0 aliphatic carbocycles. The molecule has 2 aliphatic heterocycles. The molecule has 2 saturated heterocycles. The molecule has 138 valence electrons. The van der Waals surface area contributed by atoms with Gasteiger partial charge >= 0.3 is 6.18 Å². The molecule has 1 unspecified atom stereocenters. The number of ether oxygens (including phenoxy) is 1. The number of nitrogens with zero attached hydrogens (tertiary/aromatic N) is 1. The maximum atomic E-state index is 12.6. The first kappa shape index (κ1) is 18.2. The van der Waals surface area contributed by atoms with Crippen molar-refractivity contribution in [2.45, 2.75) is 38.0 Å². The van der Waals surface area contributed by atoms with Gasteiger partial charge in [-0.15, -0.1) is 0 Å². The minimum atomic E-state index is -4.30. The Labute approximate surface area is 145 Å². The Morgan fingerprint density at radius 1 is 1.16 bits per heavy atom. The molecule has 1 aromatic rings. The second-order valence-electron chi connectivity index (χ2n) is 6.81. The molecule has 2 heterocycles. The van der Waals surface area contributed by atoms with Crippen molar-refractivity contribution in [2.75, 3.05) is 26.3 Å². The number of nitrogens with one attached hydrogen (secondary N) is 1. The minimum absolute atomic E-state index is 0.0395. The van der Waals surface area contributed by atoms with Gasteiger partial charge in [0.25, 0.3) is 0 Å². The highest BCUT2D eigenvalue weighted by atomic mass is 19.4. The topological polar surface area (TPSA) is 41.6 Å². The van der Waals surface area contributed by atoms with Gasteiger partial charge in [0, 0.05) is 44.8 Å². The predicted molar refractivity (Wildman–Crippen MR) is 86.8 cm³/mol. The molecule has 1 aromatic carbocycles. The fourth-order valence-electron chi connectivity index (χ4n) is 3.43. The standard InChI is InChI=1S/C18H23F3N2O2/c19-18(20,21)15-3-1-13(2-4-15)11-23-8-5-16(12-23)22-17(24)14-6-9-25-10-7-14/h1-4,14,16H,5-12H2,(H,22,24). The Morgan fingerprint density at radius 3 is 2.48 bits per heavy atom. The summed E-state index contributed by atoms with van der Waals surface area (Å²) in [5, 5.41) is 3.11. The van der Waals surface area contributed by atoms with E-state index >= 15 is 0 Å². The first-order chi connectivity index (χ1) is 11.9. The molecule has 2 fully saturated rings. The summed E-state index contributed by atoms with van der Waals surface area (Å²) < 4.78 is 43.1. The number of carbonyl (C=O) groups is 1. The van der Waals surface area contributed by atoms with Gasteiger partial charge in [0.05, 0.1) is 5.56 Å². The average Bonchev–Trinajstić information content (AvgIpc) is 3.02. The fraction of sp³-hybridized carbons (Fsp3) is 0.611. The van der Waals surface area contributed by atoms with Crippen molar-refractivity contribution in [3.63, 3.8) is 0 Å². The molecule has 1 atom stereocenters. The average molecular weight is 356 g/mol. The van der Waals surface area contributed by atoms with Gasteiger partial charge in [0.1, 0.15) is 0 Å². The minimum Gasteiger partial charge on any atom is -0.381 e. The highest BCUT2D eigenvalue weighted by Gasteiger charge is 2.30. The third kappa shape index (κ3) is 4.95. The van der Waals surface area contributed by atoms with Crippen molar-refractivity contribution in [2.24, 2.45) is 5.92 Å². The van der Waals surface area contributed by atoms with Gasteiger partial charge in [-0.25, -0.2) is 0 Å². The van der Waals surface area contributed by atoms with E-state index in [-0.39, 0.29) is 17.9 Å². The van der Waals surface area contributed by atoms with E-state index < -0.39 is 11.7 Å². The Kier molecular flexibility index (Phi) is 5.64. The van der Waals surface area contributed by atoms with E-state index in [1.807, 2.05) is 0 Å². The van der Waals surface area contributed by atoms with Crippen LogP contribution < -0.4 is 5.32 Å². The quantitative estimate of drug-likeness (QED) is 0.902. The Hall–Kier alpha value is -1.60. The third-order valence-corrected chi connectivity index (χ3v) is 4.90. The Bertz CT molecular complexity index is 583. The predicted octanol–water partition coefficient (Wildman–Crippen LogP) is 2.82. The van der Waals surface area contributed by atoms with Gasteiger partial charge in [-0.1, -0.05) is 12.1 Å². The van der Waals surface area contributed by atoms with E-state index in [1.165, 1.54) is 12.1 Å². The van der Waals surface area contributed by atoms with Crippen LogP contribution in [0.5, 0.6) is 0 Å². The molecular weight excluding hydrogens is 333 g/mol. The highest BCUT2D eigenvalue weighted by Crippen LogP contribution is 2.29. The van der Waals surface area contributed by atoms with Crippen molar-refractivity contribution < 1.29 is 22.7 Å². The summed E-state index contributed by atoms with van der Waals surface area (Å²) >= 11 is 0. The second-order valence-corrected chi connectivity index (χ2v) is 6.81. The number of hydrogen-bond acceptors (Lipinski definition) is 3. The zero-order chi connectivity index (χ0) is 17.9. The number of likely N-dealkylation sites (tertiary alicyclic amines) is 1. The lowest BCUT2D eigenvalue weighted by atomic mass is 9.99. The molecular formula is C18H23F3N2O2. The summed E-state index contributed by atoms with van der Waals surface area (Å²) in [4.78, 5) is 14.4. The number of amides is 1. The molecule has 3 rings (SSSR count). The number of carbonyl (C=O) groups excluding carboxylic acids is 1. The molecule has 0 bridgehead atoms. The monoisotopic (exact) mass is 356 g/mol. The van der Waals surface area contributed by atoms with Crippen molar-refractivity contribution in [1.82, 2.24) is 10.2 Å². The number of alkyl halides is 3. The largest absolute Gasteiger partial charge is 0.416 e. The number of benzene rings is 1. The van der Waals surface area contributed by atoms with Crippen LogP contribution >= 0.6 is 0 Å². The molecule has 0 radical (unpaired) electrons. The van der Waals surface area contributed by atoms with Crippen molar-refractivity contribution in [3.05, 3.63) is 35.4 Å². The molecule has 0 saturated carbocycles. The van der Waals surface area contributed by atoms with Gasteiger partial charge in [-0.2, -0.15) is 13.2 Å². The van der Waals surface area contributed by atoms with Crippen molar-refractivity contribution >= 4 is 5.91 Å². The van der Waals surface area contributed by atoms with Crippen LogP contribution in [0.2, 0.25) is 0 Å². The summed E-state index contributed by atoms with van der Waals surface area (Å²) in [6.45, 7) is 3.45. The summed E-state index contributed by atoms with van der Waals surface area (Å²) in [6, 6.07) is 5.41. The second kappa shape index (κ2) is 7.74. The van der Waals surface area contributed by atoms with Crippen molar-refractivity contribution in [1.29, 1.82) is 0 Å². The van der Waals surface area contributed by atoms with E-state index in [2.05, 4.69) is 10.2 Å². The summed E-state index contributed by atoms with van der Waals surface area (Å²) in [7, 11) is 0. The highest BCUT2D eigenvalue weighted by molar-refractivity contribution is 5.79. The summed E-state index contributed by atoms with van der Waals surface area (Å²) in [6.07, 6.45) is -1.89. The van der Waals surface area contributed by atoms with Gasteiger partial charge in [0.15, 0.2) is 0 Å². The van der Waals surface area contributed by atoms with E-state index in [4.69, 9.17) is 4.74 Å². The lowest BCUT2D eigenvalue weighted by Crippen LogP contribution is -2.42. The number of rotatable bonds is 4. The third-order valence-electron chi connectivity index (χ3n) is 4.90.